The molecule has 0 heterocycles. The van der Waals surface area contributed by atoms with E-state index in [4.69, 9.17) is 4.74 Å². The molecule has 1 aromatic carbocycles. The maximum Gasteiger partial charge on any atom is 0.133 e. The summed E-state index contributed by atoms with van der Waals surface area (Å²) in [4.78, 5) is 0. The van der Waals surface area contributed by atoms with Gasteiger partial charge < -0.3 is 10.1 Å². The van der Waals surface area contributed by atoms with Crippen LogP contribution in [-0.2, 0) is 0 Å². The first-order valence-electron chi connectivity index (χ1n) is 6.85. The van der Waals surface area contributed by atoms with Crippen LogP contribution in [-0.4, -0.2) is 19.7 Å². The lowest BCUT2D eigenvalue weighted by molar-refractivity contribution is 0.307. The Balaban J connectivity index is 1.62. The van der Waals surface area contributed by atoms with Gasteiger partial charge in [-0.15, -0.1) is 0 Å². The Morgan fingerprint density at radius 1 is 1.33 bits per heavy atom. The van der Waals surface area contributed by atoms with Crippen molar-refractivity contribution in [2.75, 3.05) is 19.7 Å². The summed E-state index contributed by atoms with van der Waals surface area (Å²) in [5.41, 5.74) is 1.24. The quantitative estimate of drug-likeness (QED) is 0.804. The van der Waals surface area contributed by atoms with Crippen LogP contribution in [0, 0.1) is 12.8 Å². The standard InChI is InChI=1S/C15H22BrNO/c1-12-6-7-15(14(16)10-12)18-9-8-17-11-13-4-2-3-5-13/h6-7,10,13,17H,2-5,8-9,11H2,1H3. The van der Waals surface area contributed by atoms with E-state index in [1.807, 2.05) is 6.07 Å². The molecule has 1 fully saturated rings. The highest BCUT2D eigenvalue weighted by molar-refractivity contribution is 9.10. The van der Waals surface area contributed by atoms with Crippen molar-refractivity contribution in [2.24, 2.45) is 5.92 Å². The van der Waals surface area contributed by atoms with Crippen LogP contribution in [0.1, 0.15) is 31.2 Å². The molecule has 0 aromatic heterocycles. The van der Waals surface area contributed by atoms with Crippen molar-refractivity contribution < 1.29 is 4.74 Å². The number of rotatable bonds is 6. The van der Waals surface area contributed by atoms with E-state index in [-0.39, 0.29) is 0 Å². The molecule has 0 aliphatic heterocycles. The molecule has 0 radical (unpaired) electrons. The van der Waals surface area contributed by atoms with Gasteiger partial charge in [-0.2, -0.15) is 0 Å². The van der Waals surface area contributed by atoms with E-state index in [0.29, 0.717) is 0 Å². The van der Waals surface area contributed by atoms with Gasteiger partial charge in [0, 0.05) is 6.54 Å². The van der Waals surface area contributed by atoms with E-state index < -0.39 is 0 Å². The number of nitrogens with one attached hydrogen (secondary N) is 1. The van der Waals surface area contributed by atoms with E-state index in [1.165, 1.54) is 31.2 Å². The predicted molar refractivity (Wildman–Crippen MR) is 79.2 cm³/mol. The van der Waals surface area contributed by atoms with E-state index in [9.17, 15) is 0 Å². The molecule has 0 atom stereocenters. The van der Waals surface area contributed by atoms with Crippen molar-refractivity contribution >= 4 is 15.9 Å². The monoisotopic (exact) mass is 311 g/mol. The Labute approximate surface area is 118 Å². The molecule has 0 unspecified atom stereocenters. The van der Waals surface area contributed by atoms with Crippen LogP contribution in [0.4, 0.5) is 0 Å². The molecule has 2 nitrogen and oxygen atoms in total. The van der Waals surface area contributed by atoms with Crippen molar-refractivity contribution in [1.82, 2.24) is 5.32 Å². The second-order valence-electron chi connectivity index (χ2n) is 5.14. The third kappa shape index (κ3) is 4.29. The topological polar surface area (TPSA) is 21.3 Å². The second kappa shape index (κ2) is 7.15. The van der Waals surface area contributed by atoms with Gasteiger partial charge in [0.25, 0.3) is 0 Å². The first kappa shape index (κ1) is 13.9. The lowest BCUT2D eigenvalue weighted by atomic mass is 10.1. The molecular weight excluding hydrogens is 290 g/mol. The van der Waals surface area contributed by atoms with Crippen LogP contribution in [0.15, 0.2) is 22.7 Å². The average molecular weight is 312 g/mol. The molecule has 100 valence electrons. The lowest BCUT2D eigenvalue weighted by Gasteiger charge is -2.12. The van der Waals surface area contributed by atoms with E-state index >= 15 is 0 Å². The Kier molecular flexibility index (Phi) is 5.51. The van der Waals surface area contributed by atoms with Gasteiger partial charge in [0.2, 0.25) is 0 Å². The molecule has 3 heteroatoms. The zero-order valence-corrected chi connectivity index (χ0v) is 12.6. The van der Waals surface area contributed by atoms with Crippen LogP contribution in [0.25, 0.3) is 0 Å². The van der Waals surface area contributed by atoms with Gasteiger partial charge in [-0.3, -0.25) is 0 Å². The number of aryl methyl sites for hydroxylation is 1. The summed E-state index contributed by atoms with van der Waals surface area (Å²) in [6.45, 7) is 4.89. The molecule has 0 spiro atoms. The van der Waals surface area contributed by atoms with Crippen molar-refractivity contribution in [2.45, 2.75) is 32.6 Å². The van der Waals surface area contributed by atoms with Gasteiger partial charge in [0.05, 0.1) is 4.47 Å². The first-order chi connectivity index (χ1) is 8.75. The smallest absolute Gasteiger partial charge is 0.133 e. The summed E-state index contributed by atoms with van der Waals surface area (Å²) in [6, 6.07) is 6.18. The third-order valence-electron chi connectivity index (χ3n) is 3.53. The van der Waals surface area contributed by atoms with E-state index in [0.717, 1.165) is 35.8 Å². The Morgan fingerprint density at radius 2 is 2.11 bits per heavy atom. The molecule has 0 saturated heterocycles. The summed E-state index contributed by atoms with van der Waals surface area (Å²) < 4.78 is 6.79. The lowest BCUT2D eigenvalue weighted by Crippen LogP contribution is -2.26. The van der Waals surface area contributed by atoms with Crippen LogP contribution in [0.3, 0.4) is 0 Å². The summed E-state index contributed by atoms with van der Waals surface area (Å²) in [5, 5.41) is 3.49. The highest BCUT2D eigenvalue weighted by Crippen LogP contribution is 2.25. The summed E-state index contributed by atoms with van der Waals surface area (Å²) in [6.07, 6.45) is 5.63. The fourth-order valence-corrected chi connectivity index (χ4v) is 3.08. The Hall–Kier alpha value is -0.540. The minimum atomic E-state index is 0.731. The first-order valence-corrected chi connectivity index (χ1v) is 7.64. The zero-order valence-electron chi connectivity index (χ0n) is 11.0. The molecule has 0 amide bonds. The van der Waals surface area contributed by atoms with E-state index in [2.05, 4.69) is 40.3 Å². The van der Waals surface area contributed by atoms with Gasteiger partial charge in [0.1, 0.15) is 12.4 Å². The fraction of sp³-hybridized carbons (Fsp3) is 0.600. The van der Waals surface area contributed by atoms with Gasteiger partial charge in [-0.25, -0.2) is 0 Å². The number of hydrogen-bond donors (Lipinski definition) is 1. The number of hydrogen-bond acceptors (Lipinski definition) is 2. The predicted octanol–water partition coefficient (Wildman–Crippen LogP) is 3.92. The highest BCUT2D eigenvalue weighted by Gasteiger charge is 2.13. The maximum atomic E-state index is 5.75. The molecule has 1 N–H and O–H groups in total. The molecule has 2 rings (SSSR count). The molecule has 1 aromatic rings. The number of benzene rings is 1. The van der Waals surface area contributed by atoms with Crippen LogP contribution < -0.4 is 10.1 Å². The van der Waals surface area contributed by atoms with Gasteiger partial charge >= 0.3 is 0 Å². The zero-order chi connectivity index (χ0) is 12.8. The summed E-state index contributed by atoms with van der Waals surface area (Å²) >= 11 is 3.52. The number of ether oxygens (including phenoxy) is 1. The van der Waals surface area contributed by atoms with Gasteiger partial charge in [0.15, 0.2) is 0 Å². The Bertz CT molecular complexity index is 375. The molecular formula is C15H22BrNO. The molecule has 0 bridgehead atoms. The summed E-state index contributed by atoms with van der Waals surface area (Å²) in [7, 11) is 0. The van der Waals surface area contributed by atoms with Crippen molar-refractivity contribution in [3.63, 3.8) is 0 Å². The van der Waals surface area contributed by atoms with Gasteiger partial charge in [-0.1, -0.05) is 18.9 Å². The largest absolute Gasteiger partial charge is 0.491 e. The molecule has 18 heavy (non-hydrogen) atoms. The second-order valence-corrected chi connectivity index (χ2v) is 5.99. The van der Waals surface area contributed by atoms with Crippen molar-refractivity contribution in [3.05, 3.63) is 28.2 Å². The average Bonchev–Trinajstić information content (AvgIpc) is 2.84. The van der Waals surface area contributed by atoms with Crippen LogP contribution in [0.2, 0.25) is 0 Å². The molecule has 1 saturated carbocycles. The Morgan fingerprint density at radius 3 is 2.83 bits per heavy atom. The number of halogens is 1. The maximum absolute atomic E-state index is 5.75. The normalized spacial score (nSPS) is 16.1. The van der Waals surface area contributed by atoms with E-state index in [1.54, 1.807) is 0 Å². The third-order valence-corrected chi connectivity index (χ3v) is 4.15. The van der Waals surface area contributed by atoms with Crippen LogP contribution >= 0.6 is 15.9 Å². The van der Waals surface area contributed by atoms with Crippen LogP contribution in [0.5, 0.6) is 5.75 Å². The molecule has 1 aliphatic carbocycles. The fourth-order valence-electron chi connectivity index (χ4n) is 2.48. The minimum Gasteiger partial charge on any atom is -0.491 e. The van der Waals surface area contributed by atoms with Crippen molar-refractivity contribution in [1.29, 1.82) is 0 Å². The highest BCUT2D eigenvalue weighted by atomic mass is 79.9. The van der Waals surface area contributed by atoms with Crippen molar-refractivity contribution in [3.8, 4) is 5.75 Å². The SMILES string of the molecule is Cc1ccc(OCCNCC2CCCC2)c(Br)c1. The summed E-state index contributed by atoms with van der Waals surface area (Å²) in [5.74, 6) is 1.83. The minimum absolute atomic E-state index is 0.731. The van der Waals surface area contributed by atoms with Gasteiger partial charge in [-0.05, 0) is 65.9 Å². The molecule has 1 aliphatic rings.